The Balaban J connectivity index is 1.51. The molecule has 19 heavy (non-hydrogen) atoms. The Labute approximate surface area is 119 Å². The number of nitrogens with one attached hydrogen (secondary N) is 1. The van der Waals surface area contributed by atoms with Crippen LogP contribution in [0.1, 0.15) is 70.6 Å². The second-order valence-electron chi connectivity index (χ2n) is 7.34. The van der Waals surface area contributed by atoms with E-state index in [2.05, 4.69) is 10.2 Å². The van der Waals surface area contributed by atoms with E-state index in [0.717, 1.165) is 5.92 Å². The summed E-state index contributed by atoms with van der Waals surface area (Å²) in [5.74, 6) is 1.05. The molecule has 0 radical (unpaired) electrons. The maximum Gasteiger partial charge on any atom is 0.0308 e. The van der Waals surface area contributed by atoms with Gasteiger partial charge in [0.2, 0.25) is 0 Å². The predicted octanol–water partition coefficient (Wildman–Crippen LogP) is 3.56. The Bertz CT molecular complexity index is 264. The molecule has 0 bridgehead atoms. The first kappa shape index (κ1) is 13.9. The van der Waals surface area contributed by atoms with Crippen molar-refractivity contribution < 1.29 is 0 Å². The molecule has 2 nitrogen and oxygen atoms in total. The monoisotopic (exact) mass is 264 g/mol. The van der Waals surface area contributed by atoms with Crippen LogP contribution in [0.2, 0.25) is 0 Å². The maximum absolute atomic E-state index is 3.91. The van der Waals surface area contributed by atoms with E-state index in [1.165, 1.54) is 96.8 Å². The summed E-state index contributed by atoms with van der Waals surface area (Å²) in [7, 11) is 0. The summed E-state index contributed by atoms with van der Waals surface area (Å²) in [6, 6.07) is 0. The molecule has 2 saturated carbocycles. The van der Waals surface area contributed by atoms with E-state index < -0.39 is 0 Å². The highest BCUT2D eigenvalue weighted by atomic mass is 15.2. The molecule has 110 valence electrons. The Morgan fingerprint density at radius 2 is 1.74 bits per heavy atom. The van der Waals surface area contributed by atoms with Crippen LogP contribution < -0.4 is 5.32 Å². The third-order valence-electron chi connectivity index (χ3n) is 5.82. The summed E-state index contributed by atoms with van der Waals surface area (Å²) < 4.78 is 0. The number of hydrogen-bond donors (Lipinski definition) is 1. The highest BCUT2D eigenvalue weighted by Crippen LogP contribution is 2.31. The zero-order valence-electron chi connectivity index (χ0n) is 12.6. The van der Waals surface area contributed by atoms with Crippen LogP contribution in [0.4, 0.5) is 0 Å². The zero-order chi connectivity index (χ0) is 13.0. The largest absolute Gasteiger partial charge is 0.310 e. The lowest BCUT2D eigenvalue weighted by Crippen LogP contribution is -2.52. The second kappa shape index (κ2) is 6.58. The molecule has 0 unspecified atom stereocenters. The molecule has 1 spiro atoms. The van der Waals surface area contributed by atoms with Crippen LogP contribution in [0.5, 0.6) is 0 Å². The first-order valence-corrected chi connectivity index (χ1v) is 8.84. The van der Waals surface area contributed by atoms with Crippen LogP contribution in [-0.4, -0.2) is 36.6 Å². The summed E-state index contributed by atoms with van der Waals surface area (Å²) in [6.45, 7) is 5.29. The van der Waals surface area contributed by atoms with Gasteiger partial charge in [0.1, 0.15) is 0 Å². The third kappa shape index (κ3) is 3.72. The lowest BCUT2D eigenvalue weighted by Gasteiger charge is -2.40. The van der Waals surface area contributed by atoms with E-state index in [1.807, 2.05) is 0 Å². The predicted molar refractivity (Wildman–Crippen MR) is 81.5 cm³/mol. The normalized spacial score (nSPS) is 29.7. The Hall–Kier alpha value is -0.0800. The van der Waals surface area contributed by atoms with Crippen molar-refractivity contribution in [3.05, 3.63) is 0 Å². The molecule has 2 heteroatoms. The zero-order valence-corrected chi connectivity index (χ0v) is 12.6. The number of rotatable bonds is 3. The molecule has 0 atom stereocenters. The van der Waals surface area contributed by atoms with E-state index in [-0.39, 0.29) is 0 Å². The highest BCUT2D eigenvalue weighted by molar-refractivity contribution is 4.95. The van der Waals surface area contributed by atoms with Crippen LogP contribution >= 0.6 is 0 Å². The van der Waals surface area contributed by atoms with Gasteiger partial charge in [0, 0.05) is 12.1 Å². The van der Waals surface area contributed by atoms with Crippen molar-refractivity contribution in [3.8, 4) is 0 Å². The summed E-state index contributed by atoms with van der Waals surface area (Å²) in [5, 5.41) is 3.91. The van der Waals surface area contributed by atoms with Gasteiger partial charge in [0.05, 0.1) is 0 Å². The number of nitrogens with zero attached hydrogens (tertiary/aromatic N) is 1. The average molecular weight is 264 g/mol. The molecule has 2 aliphatic carbocycles. The van der Waals surface area contributed by atoms with Crippen LogP contribution in [0.3, 0.4) is 0 Å². The Morgan fingerprint density at radius 1 is 0.947 bits per heavy atom. The molecule has 3 fully saturated rings. The van der Waals surface area contributed by atoms with Gasteiger partial charge in [-0.05, 0) is 51.2 Å². The van der Waals surface area contributed by atoms with Crippen molar-refractivity contribution in [1.29, 1.82) is 0 Å². The van der Waals surface area contributed by atoms with Crippen LogP contribution in [0.25, 0.3) is 0 Å². The standard InChI is InChI=1S/C17H32N2/c1-4-10-17(11-5-1)15-19(13-6-12-18-17)14-9-16-7-2-3-8-16/h16,18H,1-15H2. The van der Waals surface area contributed by atoms with Crippen LogP contribution in [0, 0.1) is 5.92 Å². The topological polar surface area (TPSA) is 15.3 Å². The lowest BCUT2D eigenvalue weighted by molar-refractivity contribution is 0.158. The SMILES string of the molecule is C1CCC2(CC1)CN(CCC1CCCC1)CCCN2. The maximum atomic E-state index is 3.91. The van der Waals surface area contributed by atoms with E-state index in [1.54, 1.807) is 0 Å². The molecule has 1 N–H and O–H groups in total. The Kier molecular flexibility index (Phi) is 4.81. The number of hydrogen-bond acceptors (Lipinski definition) is 2. The quantitative estimate of drug-likeness (QED) is 0.838. The minimum absolute atomic E-state index is 0.491. The fourth-order valence-corrected chi connectivity index (χ4v) is 4.64. The highest BCUT2D eigenvalue weighted by Gasteiger charge is 2.34. The molecule has 3 aliphatic rings. The van der Waals surface area contributed by atoms with Crippen molar-refractivity contribution >= 4 is 0 Å². The van der Waals surface area contributed by atoms with E-state index in [9.17, 15) is 0 Å². The van der Waals surface area contributed by atoms with Crippen molar-refractivity contribution in [3.63, 3.8) is 0 Å². The van der Waals surface area contributed by atoms with Gasteiger partial charge in [0.15, 0.2) is 0 Å². The van der Waals surface area contributed by atoms with Gasteiger partial charge in [0.25, 0.3) is 0 Å². The minimum Gasteiger partial charge on any atom is -0.310 e. The third-order valence-corrected chi connectivity index (χ3v) is 5.82. The molecule has 1 aliphatic heterocycles. The molecule has 1 saturated heterocycles. The first-order valence-electron chi connectivity index (χ1n) is 8.84. The molecule has 3 rings (SSSR count). The van der Waals surface area contributed by atoms with Crippen molar-refractivity contribution in [2.45, 2.75) is 76.2 Å². The lowest BCUT2D eigenvalue weighted by atomic mass is 9.81. The van der Waals surface area contributed by atoms with Gasteiger partial charge in [-0.15, -0.1) is 0 Å². The molecular formula is C17H32N2. The summed E-state index contributed by atoms with van der Waals surface area (Å²) in [4.78, 5) is 2.80. The van der Waals surface area contributed by atoms with Crippen LogP contribution in [0.15, 0.2) is 0 Å². The van der Waals surface area contributed by atoms with Gasteiger partial charge < -0.3 is 10.2 Å². The molecule has 0 aromatic carbocycles. The average Bonchev–Trinajstić information content (AvgIpc) is 2.88. The summed E-state index contributed by atoms with van der Waals surface area (Å²) in [6.07, 6.45) is 16.0. The molecule has 0 aromatic heterocycles. The summed E-state index contributed by atoms with van der Waals surface area (Å²) >= 11 is 0. The second-order valence-corrected chi connectivity index (χ2v) is 7.34. The molecule has 0 aromatic rings. The fourth-order valence-electron chi connectivity index (χ4n) is 4.64. The van der Waals surface area contributed by atoms with Gasteiger partial charge in [-0.25, -0.2) is 0 Å². The van der Waals surface area contributed by atoms with Crippen molar-refractivity contribution in [2.75, 3.05) is 26.2 Å². The van der Waals surface area contributed by atoms with Gasteiger partial charge in [-0.3, -0.25) is 0 Å². The fraction of sp³-hybridized carbons (Fsp3) is 1.00. The van der Waals surface area contributed by atoms with E-state index in [4.69, 9.17) is 0 Å². The minimum atomic E-state index is 0.491. The van der Waals surface area contributed by atoms with Gasteiger partial charge in [-0.1, -0.05) is 44.9 Å². The van der Waals surface area contributed by atoms with Gasteiger partial charge >= 0.3 is 0 Å². The van der Waals surface area contributed by atoms with Crippen LogP contribution in [-0.2, 0) is 0 Å². The Morgan fingerprint density at radius 3 is 2.53 bits per heavy atom. The first-order chi connectivity index (χ1) is 9.36. The van der Waals surface area contributed by atoms with E-state index in [0.29, 0.717) is 5.54 Å². The molecular weight excluding hydrogens is 232 g/mol. The van der Waals surface area contributed by atoms with E-state index >= 15 is 0 Å². The van der Waals surface area contributed by atoms with Crippen molar-refractivity contribution in [2.24, 2.45) is 5.92 Å². The van der Waals surface area contributed by atoms with Crippen molar-refractivity contribution in [1.82, 2.24) is 10.2 Å². The summed E-state index contributed by atoms with van der Waals surface area (Å²) in [5.41, 5.74) is 0.491. The molecule has 1 heterocycles. The smallest absolute Gasteiger partial charge is 0.0308 e. The van der Waals surface area contributed by atoms with Gasteiger partial charge in [-0.2, -0.15) is 0 Å². The molecule has 0 amide bonds.